The molecule has 1 saturated heterocycles. The van der Waals surface area contributed by atoms with E-state index in [1.165, 1.54) is 11.3 Å². The molecule has 1 atom stereocenters. The largest absolute Gasteiger partial charge is 0.344 e. The van der Waals surface area contributed by atoms with Crippen LogP contribution in [-0.4, -0.2) is 28.7 Å². The van der Waals surface area contributed by atoms with E-state index >= 15 is 0 Å². The maximum Gasteiger partial charge on any atom is 0.249 e. The van der Waals surface area contributed by atoms with Crippen LogP contribution in [0.5, 0.6) is 0 Å². The molecule has 2 rings (SSSR count). The van der Waals surface area contributed by atoms with E-state index in [4.69, 9.17) is 12.2 Å². The summed E-state index contributed by atoms with van der Waals surface area (Å²) in [5, 5.41) is 4.83. The molecule has 3 amide bonds. The summed E-state index contributed by atoms with van der Waals surface area (Å²) in [6, 6.07) is -0.627. The second kappa shape index (κ2) is 5.62. The van der Waals surface area contributed by atoms with Crippen molar-refractivity contribution >= 4 is 41.3 Å². The molecule has 102 valence electrons. The molecule has 1 aliphatic rings. The summed E-state index contributed by atoms with van der Waals surface area (Å²) in [6.07, 6.45) is 0.776. The molecule has 2 heterocycles. The lowest BCUT2D eigenvalue weighted by molar-refractivity contribution is -0.137. The quantitative estimate of drug-likeness (QED) is 0.562. The molecule has 0 radical (unpaired) electrons. The van der Waals surface area contributed by atoms with Gasteiger partial charge in [0.25, 0.3) is 0 Å². The van der Waals surface area contributed by atoms with Gasteiger partial charge < -0.3 is 10.3 Å². The Bertz CT molecular complexity index is 590. The summed E-state index contributed by atoms with van der Waals surface area (Å²) in [4.78, 5) is 38.2. The molecule has 1 aromatic heterocycles. The van der Waals surface area contributed by atoms with Crippen LogP contribution in [0.3, 0.4) is 0 Å². The number of aryl methyl sites for hydroxylation is 1. The molecule has 0 bridgehead atoms. The molecule has 1 aliphatic heterocycles. The van der Waals surface area contributed by atoms with E-state index in [1.54, 1.807) is 0 Å². The van der Waals surface area contributed by atoms with E-state index in [1.807, 2.05) is 6.92 Å². The number of thiazole rings is 1. The molecule has 1 fully saturated rings. The molecule has 19 heavy (non-hydrogen) atoms. The number of imide groups is 1. The maximum absolute atomic E-state index is 11.9. The monoisotopic (exact) mass is 299 g/mol. The van der Waals surface area contributed by atoms with Crippen LogP contribution in [0.15, 0.2) is 0 Å². The second-order valence-electron chi connectivity index (χ2n) is 4.31. The lowest BCUT2D eigenvalue weighted by Crippen LogP contribution is -2.52. The van der Waals surface area contributed by atoms with Crippen molar-refractivity contribution < 1.29 is 14.4 Å². The Kier molecular flexibility index (Phi) is 4.11. The average Bonchev–Trinajstić information content (AvgIpc) is 2.61. The predicted molar refractivity (Wildman–Crippen MR) is 72.3 cm³/mol. The Morgan fingerprint density at radius 2 is 2.26 bits per heavy atom. The summed E-state index contributed by atoms with van der Waals surface area (Å²) in [6.45, 7) is 1.85. The number of H-pyrrole nitrogens is 1. The normalized spacial score (nSPS) is 19.1. The third-order valence-electron chi connectivity index (χ3n) is 2.82. The zero-order valence-electron chi connectivity index (χ0n) is 10.2. The molecule has 0 aromatic carbocycles. The minimum atomic E-state index is -0.627. The number of hydrogen-bond acceptors (Lipinski definition) is 5. The minimum absolute atomic E-state index is 0.182. The standard InChI is InChI=1S/C11H13N3O3S2/c1-5-7(19-11(18)12-5)4-9(16)13-6-2-3-8(15)14-10(6)17/h6H,2-4H2,1H3,(H,12,18)(H,13,16)(H,14,15,17). The van der Waals surface area contributed by atoms with Crippen molar-refractivity contribution in [2.45, 2.75) is 32.2 Å². The summed E-state index contributed by atoms with van der Waals surface area (Å²) in [5.74, 6) is -0.985. The van der Waals surface area contributed by atoms with Crippen molar-refractivity contribution in [1.82, 2.24) is 15.6 Å². The highest BCUT2D eigenvalue weighted by Crippen LogP contribution is 2.15. The summed E-state index contributed by atoms with van der Waals surface area (Å²) in [5.41, 5.74) is 0.869. The van der Waals surface area contributed by atoms with Crippen LogP contribution in [0.2, 0.25) is 0 Å². The van der Waals surface area contributed by atoms with Gasteiger partial charge in [-0.05, 0) is 25.6 Å². The van der Waals surface area contributed by atoms with E-state index in [-0.39, 0.29) is 24.7 Å². The Balaban J connectivity index is 1.94. The lowest BCUT2D eigenvalue weighted by atomic mass is 10.1. The van der Waals surface area contributed by atoms with Crippen molar-refractivity contribution in [2.24, 2.45) is 0 Å². The fourth-order valence-electron chi connectivity index (χ4n) is 1.83. The Labute approximate surface area is 118 Å². The molecular weight excluding hydrogens is 286 g/mol. The summed E-state index contributed by atoms with van der Waals surface area (Å²) in [7, 11) is 0. The van der Waals surface area contributed by atoms with Gasteiger partial charge in [-0.3, -0.25) is 19.7 Å². The number of carbonyl (C=O) groups is 3. The first kappa shape index (κ1) is 13.9. The number of aromatic amines is 1. The van der Waals surface area contributed by atoms with E-state index < -0.39 is 11.9 Å². The topological polar surface area (TPSA) is 91.1 Å². The van der Waals surface area contributed by atoms with E-state index in [9.17, 15) is 14.4 Å². The third-order valence-corrected chi connectivity index (χ3v) is 4.16. The Morgan fingerprint density at radius 3 is 2.84 bits per heavy atom. The zero-order valence-corrected chi connectivity index (χ0v) is 11.9. The second-order valence-corrected chi connectivity index (χ2v) is 6.08. The first-order valence-corrected chi connectivity index (χ1v) is 7.00. The zero-order chi connectivity index (χ0) is 14.0. The number of aromatic nitrogens is 1. The van der Waals surface area contributed by atoms with Crippen molar-refractivity contribution in [3.63, 3.8) is 0 Å². The fourth-order valence-corrected chi connectivity index (χ4v) is 3.12. The smallest absolute Gasteiger partial charge is 0.249 e. The summed E-state index contributed by atoms with van der Waals surface area (Å²) < 4.78 is 0.626. The number of nitrogens with one attached hydrogen (secondary N) is 3. The van der Waals surface area contributed by atoms with Gasteiger partial charge in [0, 0.05) is 17.0 Å². The molecule has 0 saturated carbocycles. The number of carbonyl (C=O) groups excluding carboxylic acids is 3. The van der Waals surface area contributed by atoms with Gasteiger partial charge in [-0.2, -0.15) is 0 Å². The lowest BCUT2D eigenvalue weighted by Gasteiger charge is -2.21. The highest BCUT2D eigenvalue weighted by atomic mass is 32.1. The molecule has 8 heteroatoms. The van der Waals surface area contributed by atoms with Gasteiger partial charge in [0.2, 0.25) is 17.7 Å². The molecular formula is C11H13N3O3S2. The highest BCUT2D eigenvalue weighted by molar-refractivity contribution is 7.73. The van der Waals surface area contributed by atoms with E-state index in [0.29, 0.717) is 10.4 Å². The third kappa shape index (κ3) is 3.48. The van der Waals surface area contributed by atoms with Gasteiger partial charge >= 0.3 is 0 Å². The molecule has 1 unspecified atom stereocenters. The van der Waals surface area contributed by atoms with Gasteiger partial charge in [0.15, 0.2) is 3.95 Å². The van der Waals surface area contributed by atoms with Crippen molar-refractivity contribution in [3.8, 4) is 0 Å². The first-order chi connectivity index (χ1) is 8.95. The van der Waals surface area contributed by atoms with Crippen molar-refractivity contribution in [2.75, 3.05) is 0 Å². The van der Waals surface area contributed by atoms with Crippen LogP contribution < -0.4 is 10.6 Å². The maximum atomic E-state index is 11.9. The van der Waals surface area contributed by atoms with Gasteiger partial charge in [0.1, 0.15) is 6.04 Å². The van der Waals surface area contributed by atoms with Crippen LogP contribution in [0, 0.1) is 10.9 Å². The van der Waals surface area contributed by atoms with Crippen LogP contribution in [0.1, 0.15) is 23.4 Å². The van der Waals surface area contributed by atoms with Gasteiger partial charge in [-0.1, -0.05) is 0 Å². The van der Waals surface area contributed by atoms with Gasteiger partial charge in [0.05, 0.1) is 6.42 Å². The highest BCUT2D eigenvalue weighted by Gasteiger charge is 2.27. The number of piperidine rings is 1. The number of amides is 3. The minimum Gasteiger partial charge on any atom is -0.344 e. The van der Waals surface area contributed by atoms with E-state index in [0.717, 1.165) is 10.6 Å². The fraction of sp³-hybridized carbons (Fsp3) is 0.455. The number of rotatable bonds is 3. The van der Waals surface area contributed by atoms with Gasteiger partial charge in [-0.15, -0.1) is 11.3 Å². The SMILES string of the molecule is Cc1[nH]c(=S)sc1CC(=O)NC1CCC(=O)NC1=O. The van der Waals surface area contributed by atoms with Crippen LogP contribution in [0.25, 0.3) is 0 Å². The number of hydrogen-bond donors (Lipinski definition) is 3. The predicted octanol–water partition coefficient (Wildman–Crippen LogP) is 0.578. The average molecular weight is 299 g/mol. The van der Waals surface area contributed by atoms with Crippen molar-refractivity contribution in [1.29, 1.82) is 0 Å². The van der Waals surface area contributed by atoms with Crippen LogP contribution in [0.4, 0.5) is 0 Å². The molecule has 1 aromatic rings. The first-order valence-electron chi connectivity index (χ1n) is 5.77. The van der Waals surface area contributed by atoms with Crippen LogP contribution >= 0.6 is 23.6 Å². The van der Waals surface area contributed by atoms with Crippen molar-refractivity contribution in [3.05, 3.63) is 14.5 Å². The van der Waals surface area contributed by atoms with E-state index in [2.05, 4.69) is 15.6 Å². The molecule has 0 aliphatic carbocycles. The summed E-state index contributed by atoms with van der Waals surface area (Å²) >= 11 is 6.35. The van der Waals surface area contributed by atoms with Crippen LogP contribution in [-0.2, 0) is 20.8 Å². The molecule has 6 nitrogen and oxygen atoms in total. The Hall–Kier alpha value is -1.54. The molecule has 0 spiro atoms. The molecule has 3 N–H and O–H groups in total. The van der Waals surface area contributed by atoms with Gasteiger partial charge in [-0.25, -0.2) is 0 Å². The Morgan fingerprint density at radius 1 is 1.53 bits per heavy atom.